The highest BCUT2D eigenvalue weighted by molar-refractivity contribution is 6.42. The van der Waals surface area contributed by atoms with Crippen LogP contribution >= 0.6 is 34.8 Å². The van der Waals surface area contributed by atoms with Crippen molar-refractivity contribution in [3.63, 3.8) is 0 Å². The second-order valence-corrected chi connectivity index (χ2v) is 5.87. The van der Waals surface area contributed by atoms with Crippen LogP contribution in [0.15, 0.2) is 6.07 Å². The molecule has 0 radical (unpaired) electrons. The molecule has 1 saturated carbocycles. The van der Waals surface area contributed by atoms with Crippen molar-refractivity contribution in [1.29, 1.82) is 0 Å². The summed E-state index contributed by atoms with van der Waals surface area (Å²) < 4.78 is 0. The third-order valence-corrected chi connectivity index (χ3v) is 4.22. The van der Waals surface area contributed by atoms with Crippen LogP contribution in [0.25, 0.3) is 0 Å². The molecule has 94 valence electrons. The second-order valence-electron chi connectivity index (χ2n) is 4.69. The number of hydrogen-bond acceptors (Lipinski definition) is 2. The first-order chi connectivity index (χ1) is 8.06. The first kappa shape index (κ1) is 13.3. The van der Waals surface area contributed by atoms with E-state index >= 15 is 0 Å². The van der Waals surface area contributed by atoms with Crippen molar-refractivity contribution in [1.82, 2.24) is 4.98 Å². The average Bonchev–Trinajstić information content (AvgIpc) is 3.03. The summed E-state index contributed by atoms with van der Waals surface area (Å²) in [6.07, 6.45) is 5.03. The summed E-state index contributed by atoms with van der Waals surface area (Å²) in [6, 6.07) is 1.63. The second kappa shape index (κ2) is 5.21. The number of hydrogen-bond donors (Lipinski definition) is 1. The summed E-state index contributed by atoms with van der Waals surface area (Å²) in [7, 11) is 0. The molecule has 2 nitrogen and oxygen atoms in total. The number of aromatic nitrogens is 1. The number of anilines is 1. The zero-order valence-corrected chi connectivity index (χ0v) is 12.0. The van der Waals surface area contributed by atoms with Crippen LogP contribution in [0.4, 0.5) is 5.82 Å². The van der Waals surface area contributed by atoms with Crippen LogP contribution in [0.3, 0.4) is 0 Å². The fourth-order valence-electron chi connectivity index (χ4n) is 2.06. The predicted octanol–water partition coefficient (Wildman–Crippen LogP) is 5.03. The van der Waals surface area contributed by atoms with Gasteiger partial charge in [0.15, 0.2) is 0 Å². The fraction of sp³-hybridized carbons (Fsp3) is 0.583. The van der Waals surface area contributed by atoms with Crippen molar-refractivity contribution >= 4 is 40.6 Å². The van der Waals surface area contributed by atoms with Crippen molar-refractivity contribution in [3.05, 3.63) is 21.3 Å². The fourth-order valence-corrected chi connectivity index (χ4v) is 2.63. The van der Waals surface area contributed by atoms with Gasteiger partial charge in [-0.15, -0.1) is 0 Å². The van der Waals surface area contributed by atoms with Gasteiger partial charge in [-0.2, -0.15) is 0 Å². The van der Waals surface area contributed by atoms with Crippen LogP contribution in [0, 0.1) is 5.41 Å². The van der Waals surface area contributed by atoms with Gasteiger partial charge in [0.25, 0.3) is 0 Å². The summed E-state index contributed by atoms with van der Waals surface area (Å²) in [5.74, 6) is 0.628. The highest BCUT2D eigenvalue weighted by atomic mass is 35.5. The maximum atomic E-state index is 6.06. The SMILES string of the molecule is CCCC1(CNc2nc(Cl)c(Cl)cc2Cl)CC1. The van der Waals surface area contributed by atoms with Gasteiger partial charge in [-0.3, -0.25) is 0 Å². The van der Waals surface area contributed by atoms with Crippen LogP contribution in [-0.4, -0.2) is 11.5 Å². The van der Waals surface area contributed by atoms with Gasteiger partial charge < -0.3 is 5.32 Å². The number of pyridine rings is 1. The van der Waals surface area contributed by atoms with E-state index in [4.69, 9.17) is 34.8 Å². The molecule has 1 aromatic rings. The standard InChI is InChI=1S/C12H15Cl3N2/c1-2-3-12(4-5-12)7-16-11-9(14)6-8(13)10(15)17-11/h6H,2-5,7H2,1H3,(H,16,17). The maximum absolute atomic E-state index is 6.06. The minimum Gasteiger partial charge on any atom is -0.368 e. The molecule has 1 heterocycles. The van der Waals surface area contributed by atoms with E-state index in [0.717, 1.165) is 6.54 Å². The summed E-state index contributed by atoms with van der Waals surface area (Å²) in [6.45, 7) is 3.12. The summed E-state index contributed by atoms with van der Waals surface area (Å²) in [5, 5.41) is 4.48. The Hall–Kier alpha value is -0.180. The highest BCUT2D eigenvalue weighted by Crippen LogP contribution is 2.49. The van der Waals surface area contributed by atoms with E-state index in [0.29, 0.717) is 26.4 Å². The van der Waals surface area contributed by atoms with Gasteiger partial charge in [0.1, 0.15) is 11.0 Å². The molecule has 2 rings (SSSR count). The Kier molecular flexibility index (Phi) is 4.06. The average molecular weight is 294 g/mol. The monoisotopic (exact) mass is 292 g/mol. The molecule has 1 aromatic heterocycles. The van der Waals surface area contributed by atoms with E-state index in [-0.39, 0.29) is 0 Å². The minimum atomic E-state index is 0.291. The van der Waals surface area contributed by atoms with Gasteiger partial charge >= 0.3 is 0 Å². The molecule has 0 amide bonds. The Bertz CT molecular complexity index is 416. The lowest BCUT2D eigenvalue weighted by atomic mass is 10.0. The van der Waals surface area contributed by atoms with E-state index < -0.39 is 0 Å². The number of nitrogens with zero attached hydrogens (tertiary/aromatic N) is 1. The molecule has 1 aliphatic rings. The minimum absolute atomic E-state index is 0.291. The van der Waals surface area contributed by atoms with Gasteiger partial charge in [-0.05, 0) is 30.7 Å². The lowest BCUT2D eigenvalue weighted by molar-refractivity contribution is 0.485. The number of nitrogens with one attached hydrogen (secondary N) is 1. The number of rotatable bonds is 5. The molecular weight excluding hydrogens is 279 g/mol. The van der Waals surface area contributed by atoms with Gasteiger partial charge in [0.05, 0.1) is 10.0 Å². The predicted molar refractivity (Wildman–Crippen MR) is 74.3 cm³/mol. The van der Waals surface area contributed by atoms with Crippen molar-refractivity contribution < 1.29 is 0 Å². The molecular formula is C12H15Cl3N2. The Balaban J connectivity index is 2.02. The van der Waals surface area contributed by atoms with Gasteiger partial charge in [0, 0.05) is 6.54 Å². The summed E-state index contributed by atoms with van der Waals surface area (Å²) >= 11 is 17.8. The zero-order chi connectivity index (χ0) is 12.5. The summed E-state index contributed by atoms with van der Waals surface area (Å²) in [4.78, 5) is 4.15. The lowest BCUT2D eigenvalue weighted by Gasteiger charge is -2.16. The van der Waals surface area contributed by atoms with Crippen LogP contribution in [0.5, 0.6) is 0 Å². The largest absolute Gasteiger partial charge is 0.368 e. The Labute approximate surface area is 117 Å². The molecule has 0 aliphatic heterocycles. The normalized spacial score (nSPS) is 16.9. The molecule has 1 aliphatic carbocycles. The molecule has 0 aromatic carbocycles. The van der Waals surface area contributed by atoms with Crippen molar-refractivity contribution in [2.45, 2.75) is 32.6 Å². The molecule has 0 spiro atoms. The lowest BCUT2D eigenvalue weighted by Crippen LogP contribution is -2.16. The van der Waals surface area contributed by atoms with E-state index in [2.05, 4.69) is 17.2 Å². The molecule has 0 unspecified atom stereocenters. The van der Waals surface area contributed by atoms with Gasteiger partial charge in [-0.25, -0.2) is 4.98 Å². The molecule has 17 heavy (non-hydrogen) atoms. The van der Waals surface area contributed by atoms with Crippen molar-refractivity contribution in [2.24, 2.45) is 5.41 Å². The smallest absolute Gasteiger partial charge is 0.150 e. The topological polar surface area (TPSA) is 24.9 Å². The van der Waals surface area contributed by atoms with Gasteiger partial charge in [0.2, 0.25) is 0 Å². The third-order valence-electron chi connectivity index (χ3n) is 3.25. The van der Waals surface area contributed by atoms with Crippen LogP contribution in [0.2, 0.25) is 15.2 Å². The maximum Gasteiger partial charge on any atom is 0.150 e. The highest BCUT2D eigenvalue weighted by Gasteiger charge is 2.41. The Morgan fingerprint density at radius 2 is 2.00 bits per heavy atom. The number of halogens is 3. The Morgan fingerprint density at radius 3 is 2.59 bits per heavy atom. The van der Waals surface area contributed by atoms with E-state index in [1.165, 1.54) is 25.7 Å². The molecule has 5 heteroatoms. The van der Waals surface area contributed by atoms with Crippen LogP contribution in [0.1, 0.15) is 32.6 Å². The molecule has 0 saturated heterocycles. The summed E-state index contributed by atoms with van der Waals surface area (Å²) in [5.41, 5.74) is 0.450. The van der Waals surface area contributed by atoms with Crippen LogP contribution < -0.4 is 5.32 Å². The molecule has 1 N–H and O–H groups in total. The quantitative estimate of drug-likeness (QED) is 0.770. The molecule has 0 bridgehead atoms. The first-order valence-electron chi connectivity index (χ1n) is 5.82. The van der Waals surface area contributed by atoms with Crippen molar-refractivity contribution in [2.75, 3.05) is 11.9 Å². The Morgan fingerprint density at radius 1 is 1.29 bits per heavy atom. The van der Waals surface area contributed by atoms with Gasteiger partial charge in [-0.1, -0.05) is 48.1 Å². The van der Waals surface area contributed by atoms with Crippen molar-refractivity contribution in [3.8, 4) is 0 Å². The van der Waals surface area contributed by atoms with E-state index in [1.807, 2.05) is 0 Å². The van der Waals surface area contributed by atoms with E-state index in [1.54, 1.807) is 6.07 Å². The zero-order valence-electron chi connectivity index (χ0n) is 9.69. The van der Waals surface area contributed by atoms with E-state index in [9.17, 15) is 0 Å². The molecule has 0 atom stereocenters. The van der Waals surface area contributed by atoms with Crippen LogP contribution in [-0.2, 0) is 0 Å². The third kappa shape index (κ3) is 3.18. The molecule has 1 fully saturated rings. The first-order valence-corrected chi connectivity index (χ1v) is 6.95.